The van der Waals surface area contributed by atoms with Crippen LogP contribution in [0.2, 0.25) is 10.0 Å². The van der Waals surface area contributed by atoms with Gasteiger partial charge in [-0.05, 0) is 7.05 Å². The van der Waals surface area contributed by atoms with E-state index in [1.807, 2.05) is 0 Å². The molecule has 1 aromatic rings. The molecule has 1 N–H and O–H groups in total. The van der Waals surface area contributed by atoms with Crippen molar-refractivity contribution < 1.29 is 5.11 Å². The van der Waals surface area contributed by atoms with Crippen LogP contribution in [-0.2, 0) is 0 Å². The summed E-state index contributed by atoms with van der Waals surface area (Å²) in [5.74, 6) is 0.105. The van der Waals surface area contributed by atoms with Gasteiger partial charge in [0.1, 0.15) is 5.75 Å². The lowest BCUT2D eigenvalue weighted by atomic mass is 10.2. The number of phenols is 1. The predicted octanol–water partition coefficient (Wildman–Crippen LogP) is 2.45. The van der Waals surface area contributed by atoms with Gasteiger partial charge in [0.05, 0.1) is 15.7 Å². The van der Waals surface area contributed by atoms with Gasteiger partial charge < -0.3 is 14.9 Å². The van der Waals surface area contributed by atoms with Crippen LogP contribution >= 0.6 is 23.2 Å². The molecule has 1 aliphatic heterocycles. The Morgan fingerprint density at radius 2 is 1.56 bits per heavy atom. The Bertz CT molecular complexity index is 367. The molecule has 3 nitrogen and oxygen atoms in total. The van der Waals surface area contributed by atoms with E-state index in [0.29, 0.717) is 10.0 Å². The molecule has 0 unspecified atom stereocenters. The highest BCUT2D eigenvalue weighted by atomic mass is 35.5. The summed E-state index contributed by atoms with van der Waals surface area (Å²) in [5, 5.41) is 10.4. The Hall–Kier alpha value is -0.640. The van der Waals surface area contributed by atoms with Gasteiger partial charge in [0.25, 0.3) is 0 Å². The minimum atomic E-state index is 0.105. The van der Waals surface area contributed by atoms with E-state index < -0.39 is 0 Å². The molecule has 0 amide bonds. The SMILES string of the molecule is CN1CCN(c2c(Cl)cc(O)cc2Cl)CC1. The molecule has 0 aromatic heterocycles. The first kappa shape index (κ1) is 11.8. The molecule has 1 heterocycles. The first-order valence-electron chi connectivity index (χ1n) is 5.19. The van der Waals surface area contributed by atoms with Gasteiger partial charge in [-0.15, -0.1) is 0 Å². The lowest BCUT2D eigenvalue weighted by molar-refractivity contribution is 0.313. The average molecular weight is 261 g/mol. The molecule has 5 heteroatoms. The fourth-order valence-electron chi connectivity index (χ4n) is 1.88. The number of nitrogens with zero attached hydrogens (tertiary/aromatic N) is 2. The minimum absolute atomic E-state index is 0.105. The Balaban J connectivity index is 2.26. The molecule has 1 aromatic carbocycles. The maximum atomic E-state index is 9.36. The molecule has 0 aliphatic carbocycles. The second kappa shape index (κ2) is 4.70. The first-order valence-corrected chi connectivity index (χ1v) is 5.95. The van der Waals surface area contributed by atoms with E-state index in [-0.39, 0.29) is 5.75 Å². The Kier molecular flexibility index (Phi) is 3.47. The molecule has 1 saturated heterocycles. The number of hydrogen-bond acceptors (Lipinski definition) is 3. The molecule has 1 fully saturated rings. The lowest BCUT2D eigenvalue weighted by Gasteiger charge is -2.35. The van der Waals surface area contributed by atoms with Crippen molar-refractivity contribution in [3.05, 3.63) is 22.2 Å². The van der Waals surface area contributed by atoms with E-state index in [9.17, 15) is 5.11 Å². The largest absolute Gasteiger partial charge is 0.508 e. The predicted molar refractivity (Wildman–Crippen MR) is 67.8 cm³/mol. The van der Waals surface area contributed by atoms with Crippen LogP contribution in [0.3, 0.4) is 0 Å². The van der Waals surface area contributed by atoms with Gasteiger partial charge in [-0.1, -0.05) is 23.2 Å². The standard InChI is InChI=1S/C11H14Cl2N2O/c1-14-2-4-15(5-3-14)11-9(12)6-8(16)7-10(11)13/h6-7,16H,2-5H2,1H3. The number of hydrogen-bond donors (Lipinski definition) is 1. The van der Waals surface area contributed by atoms with Crippen molar-refractivity contribution in [2.24, 2.45) is 0 Å². The number of benzene rings is 1. The fraction of sp³-hybridized carbons (Fsp3) is 0.455. The topological polar surface area (TPSA) is 26.7 Å². The van der Waals surface area contributed by atoms with Crippen molar-refractivity contribution in [3.8, 4) is 5.75 Å². The number of likely N-dealkylation sites (N-methyl/N-ethyl adjacent to an activating group) is 1. The molecule has 16 heavy (non-hydrogen) atoms. The van der Waals surface area contributed by atoms with Gasteiger partial charge >= 0.3 is 0 Å². The second-order valence-electron chi connectivity index (χ2n) is 4.05. The molecule has 0 radical (unpaired) electrons. The normalized spacial score (nSPS) is 17.8. The van der Waals surface area contributed by atoms with Crippen LogP contribution in [0, 0.1) is 0 Å². The number of rotatable bonds is 1. The van der Waals surface area contributed by atoms with Crippen LogP contribution in [0.25, 0.3) is 0 Å². The summed E-state index contributed by atoms with van der Waals surface area (Å²) in [6.07, 6.45) is 0. The summed E-state index contributed by atoms with van der Waals surface area (Å²) < 4.78 is 0. The fourth-order valence-corrected chi connectivity index (χ4v) is 2.60. The Morgan fingerprint density at radius 3 is 2.06 bits per heavy atom. The van der Waals surface area contributed by atoms with E-state index in [2.05, 4.69) is 16.8 Å². The lowest BCUT2D eigenvalue weighted by Crippen LogP contribution is -2.44. The number of halogens is 2. The second-order valence-corrected chi connectivity index (χ2v) is 4.86. The van der Waals surface area contributed by atoms with E-state index in [1.54, 1.807) is 0 Å². The molecule has 0 spiro atoms. The van der Waals surface area contributed by atoms with Gasteiger partial charge in [-0.3, -0.25) is 0 Å². The molecule has 1 aliphatic rings. The minimum Gasteiger partial charge on any atom is -0.508 e. The summed E-state index contributed by atoms with van der Waals surface area (Å²) >= 11 is 12.2. The molecule has 0 saturated carbocycles. The summed E-state index contributed by atoms with van der Waals surface area (Å²) in [6, 6.07) is 3.06. The third-order valence-electron chi connectivity index (χ3n) is 2.82. The number of piperazine rings is 1. The number of aromatic hydroxyl groups is 1. The van der Waals surface area contributed by atoms with Crippen molar-refractivity contribution in [2.75, 3.05) is 38.1 Å². The zero-order valence-electron chi connectivity index (χ0n) is 9.08. The van der Waals surface area contributed by atoms with Crippen molar-refractivity contribution in [1.82, 2.24) is 4.90 Å². The maximum Gasteiger partial charge on any atom is 0.118 e. The number of phenolic OH excluding ortho intramolecular Hbond substituents is 1. The summed E-state index contributed by atoms with van der Waals surface area (Å²) in [6.45, 7) is 3.79. The quantitative estimate of drug-likeness (QED) is 0.841. The summed E-state index contributed by atoms with van der Waals surface area (Å²) in [5.41, 5.74) is 0.828. The third kappa shape index (κ3) is 2.37. The van der Waals surface area contributed by atoms with Gasteiger partial charge in [-0.2, -0.15) is 0 Å². The van der Waals surface area contributed by atoms with Crippen molar-refractivity contribution >= 4 is 28.9 Å². The van der Waals surface area contributed by atoms with Crippen molar-refractivity contribution in [2.45, 2.75) is 0 Å². The van der Waals surface area contributed by atoms with Gasteiger partial charge in [0.15, 0.2) is 0 Å². The van der Waals surface area contributed by atoms with Crippen LogP contribution < -0.4 is 4.90 Å². The van der Waals surface area contributed by atoms with Gasteiger partial charge in [0, 0.05) is 38.3 Å². The smallest absolute Gasteiger partial charge is 0.118 e. The van der Waals surface area contributed by atoms with Crippen LogP contribution in [-0.4, -0.2) is 43.2 Å². The van der Waals surface area contributed by atoms with Crippen molar-refractivity contribution in [3.63, 3.8) is 0 Å². The highest BCUT2D eigenvalue weighted by molar-refractivity contribution is 6.39. The van der Waals surface area contributed by atoms with E-state index in [4.69, 9.17) is 23.2 Å². The van der Waals surface area contributed by atoms with Crippen LogP contribution in [0.1, 0.15) is 0 Å². The monoisotopic (exact) mass is 260 g/mol. The highest BCUT2D eigenvalue weighted by Gasteiger charge is 2.19. The molecular formula is C11H14Cl2N2O. The Morgan fingerprint density at radius 1 is 1.06 bits per heavy atom. The molecule has 0 bridgehead atoms. The van der Waals surface area contributed by atoms with Gasteiger partial charge in [-0.25, -0.2) is 0 Å². The van der Waals surface area contributed by atoms with E-state index in [1.165, 1.54) is 12.1 Å². The highest BCUT2D eigenvalue weighted by Crippen LogP contribution is 2.37. The summed E-state index contributed by atoms with van der Waals surface area (Å²) in [4.78, 5) is 4.42. The summed E-state index contributed by atoms with van der Waals surface area (Å²) in [7, 11) is 2.09. The van der Waals surface area contributed by atoms with E-state index >= 15 is 0 Å². The van der Waals surface area contributed by atoms with Crippen molar-refractivity contribution in [1.29, 1.82) is 0 Å². The van der Waals surface area contributed by atoms with Crippen LogP contribution in [0.4, 0.5) is 5.69 Å². The number of anilines is 1. The molecule has 88 valence electrons. The van der Waals surface area contributed by atoms with E-state index in [0.717, 1.165) is 31.9 Å². The van der Waals surface area contributed by atoms with Crippen LogP contribution in [0.15, 0.2) is 12.1 Å². The first-order chi connectivity index (χ1) is 7.58. The zero-order chi connectivity index (χ0) is 11.7. The third-order valence-corrected chi connectivity index (χ3v) is 3.40. The Labute approximate surface area is 105 Å². The molecule has 2 rings (SSSR count). The molecular weight excluding hydrogens is 247 g/mol. The van der Waals surface area contributed by atoms with Gasteiger partial charge in [0.2, 0.25) is 0 Å². The maximum absolute atomic E-state index is 9.36. The molecule has 0 atom stereocenters. The zero-order valence-corrected chi connectivity index (χ0v) is 10.6. The average Bonchev–Trinajstić information content (AvgIpc) is 2.19. The van der Waals surface area contributed by atoms with Crippen LogP contribution in [0.5, 0.6) is 5.75 Å².